The van der Waals surface area contributed by atoms with Gasteiger partial charge in [-0.25, -0.2) is 9.37 Å². The number of carbonyl (C=O) groups excluding carboxylic acids is 1. The molecule has 1 aromatic carbocycles. The smallest absolute Gasteiger partial charge is 0.244 e. The van der Waals surface area contributed by atoms with Crippen molar-refractivity contribution >= 4 is 45.4 Å². The summed E-state index contributed by atoms with van der Waals surface area (Å²) in [5.74, 6) is -0.588. The first-order chi connectivity index (χ1) is 12.6. The van der Waals surface area contributed by atoms with Crippen LogP contribution in [0.2, 0.25) is 0 Å². The Morgan fingerprint density at radius 1 is 1.27 bits per heavy atom. The van der Waals surface area contributed by atoms with Gasteiger partial charge in [0, 0.05) is 24.2 Å². The number of rotatable bonds is 4. The highest BCUT2D eigenvalue weighted by molar-refractivity contribution is 7.80. The van der Waals surface area contributed by atoms with E-state index in [0.717, 1.165) is 18.2 Å². The Morgan fingerprint density at radius 2 is 2.00 bits per heavy atom. The maximum absolute atomic E-state index is 12.9. The second kappa shape index (κ2) is 8.88. The predicted molar refractivity (Wildman–Crippen MR) is 103 cm³/mol. The molecule has 1 aliphatic rings. The monoisotopic (exact) mass is 395 g/mol. The summed E-state index contributed by atoms with van der Waals surface area (Å²) in [6.45, 7) is 3.00. The number of anilines is 2. The lowest BCUT2D eigenvalue weighted by atomic mass is 10.3. The highest BCUT2D eigenvalue weighted by Gasteiger charge is 2.15. The molecule has 0 radical (unpaired) electrons. The quantitative estimate of drug-likeness (QED) is 0.537. The number of thiocarbonyl (C=S) groups is 1. The molecular weight excluding hydrogens is 377 g/mol. The SMILES string of the molecule is O=C(Cc1csc(N2CCOCC2)n1)NNC(=S)Nc1ccc(F)cc1. The molecule has 1 saturated heterocycles. The molecule has 0 bridgehead atoms. The minimum absolute atomic E-state index is 0.146. The molecule has 138 valence electrons. The molecule has 0 atom stereocenters. The maximum Gasteiger partial charge on any atom is 0.244 e. The summed E-state index contributed by atoms with van der Waals surface area (Å²) in [4.78, 5) is 18.7. The number of nitrogens with one attached hydrogen (secondary N) is 3. The van der Waals surface area contributed by atoms with Crippen LogP contribution in [-0.2, 0) is 16.0 Å². The number of hydrazine groups is 1. The summed E-state index contributed by atoms with van der Waals surface area (Å²) in [5.41, 5.74) is 6.45. The molecule has 3 N–H and O–H groups in total. The molecule has 0 spiro atoms. The topological polar surface area (TPSA) is 78.5 Å². The van der Waals surface area contributed by atoms with Crippen molar-refractivity contribution in [3.05, 3.63) is 41.2 Å². The molecule has 1 aliphatic heterocycles. The third-order valence-electron chi connectivity index (χ3n) is 3.58. The van der Waals surface area contributed by atoms with Gasteiger partial charge in [-0.1, -0.05) is 0 Å². The number of thiazole rings is 1. The van der Waals surface area contributed by atoms with Crippen LogP contribution in [0.1, 0.15) is 5.69 Å². The Hall–Kier alpha value is -2.30. The summed E-state index contributed by atoms with van der Waals surface area (Å²) in [6.07, 6.45) is 0.146. The van der Waals surface area contributed by atoms with E-state index in [-0.39, 0.29) is 23.3 Å². The zero-order chi connectivity index (χ0) is 18.4. The van der Waals surface area contributed by atoms with Crippen LogP contribution in [0.15, 0.2) is 29.6 Å². The Labute approximate surface area is 159 Å². The summed E-state index contributed by atoms with van der Waals surface area (Å²) < 4.78 is 18.2. The number of hydrogen-bond acceptors (Lipinski definition) is 6. The lowest BCUT2D eigenvalue weighted by Gasteiger charge is -2.26. The van der Waals surface area contributed by atoms with E-state index in [1.54, 1.807) is 12.1 Å². The number of nitrogens with zero attached hydrogens (tertiary/aromatic N) is 2. The summed E-state index contributed by atoms with van der Waals surface area (Å²) >= 11 is 6.59. The van der Waals surface area contributed by atoms with Crippen molar-refractivity contribution in [2.24, 2.45) is 0 Å². The minimum atomic E-state index is -0.331. The highest BCUT2D eigenvalue weighted by atomic mass is 32.1. The van der Waals surface area contributed by atoms with E-state index < -0.39 is 0 Å². The molecule has 1 aromatic heterocycles. The summed E-state index contributed by atoms with van der Waals surface area (Å²) in [7, 11) is 0. The van der Waals surface area contributed by atoms with Gasteiger partial charge in [-0.15, -0.1) is 11.3 Å². The van der Waals surface area contributed by atoms with Crippen LogP contribution >= 0.6 is 23.6 Å². The lowest BCUT2D eigenvalue weighted by molar-refractivity contribution is -0.121. The fourth-order valence-electron chi connectivity index (χ4n) is 2.31. The lowest BCUT2D eigenvalue weighted by Crippen LogP contribution is -2.44. The first-order valence-corrected chi connectivity index (χ1v) is 9.27. The van der Waals surface area contributed by atoms with Crippen molar-refractivity contribution in [2.75, 3.05) is 36.5 Å². The molecule has 26 heavy (non-hydrogen) atoms. The molecule has 0 saturated carbocycles. The van der Waals surface area contributed by atoms with Gasteiger partial charge >= 0.3 is 0 Å². The van der Waals surface area contributed by atoms with Crippen molar-refractivity contribution in [1.29, 1.82) is 0 Å². The zero-order valence-corrected chi connectivity index (χ0v) is 15.5. The molecule has 2 aromatic rings. The molecule has 1 amide bonds. The highest BCUT2D eigenvalue weighted by Crippen LogP contribution is 2.21. The average Bonchev–Trinajstić information content (AvgIpc) is 3.11. The molecule has 7 nitrogen and oxygen atoms in total. The van der Waals surface area contributed by atoms with Gasteiger partial charge in [0.1, 0.15) is 5.82 Å². The van der Waals surface area contributed by atoms with E-state index in [1.807, 2.05) is 5.38 Å². The number of amides is 1. The largest absolute Gasteiger partial charge is 0.378 e. The zero-order valence-electron chi connectivity index (χ0n) is 13.8. The number of ether oxygens (including phenoxy) is 1. The molecule has 0 aliphatic carbocycles. The van der Waals surface area contributed by atoms with Gasteiger partial charge in [-0.3, -0.25) is 15.6 Å². The van der Waals surface area contributed by atoms with Gasteiger partial charge < -0.3 is 15.0 Å². The Balaban J connectivity index is 1.43. The van der Waals surface area contributed by atoms with Gasteiger partial charge in [0.2, 0.25) is 5.91 Å². The molecule has 1 fully saturated rings. The Morgan fingerprint density at radius 3 is 2.73 bits per heavy atom. The summed E-state index contributed by atoms with van der Waals surface area (Å²) in [6, 6.07) is 5.73. The first-order valence-electron chi connectivity index (χ1n) is 7.98. The van der Waals surface area contributed by atoms with Gasteiger partial charge in [0.15, 0.2) is 10.2 Å². The van der Waals surface area contributed by atoms with Crippen LogP contribution in [0.5, 0.6) is 0 Å². The number of carbonyl (C=O) groups is 1. The number of halogens is 1. The molecular formula is C16H18FN5O2S2. The fraction of sp³-hybridized carbons (Fsp3) is 0.312. The Bertz CT molecular complexity index is 762. The van der Waals surface area contributed by atoms with Crippen LogP contribution in [0.25, 0.3) is 0 Å². The van der Waals surface area contributed by atoms with Crippen molar-refractivity contribution in [3.63, 3.8) is 0 Å². The van der Waals surface area contributed by atoms with Gasteiger partial charge in [0.25, 0.3) is 0 Å². The van der Waals surface area contributed by atoms with Crippen LogP contribution in [0.4, 0.5) is 15.2 Å². The van der Waals surface area contributed by atoms with Crippen molar-refractivity contribution in [1.82, 2.24) is 15.8 Å². The minimum Gasteiger partial charge on any atom is -0.378 e. The van der Waals surface area contributed by atoms with E-state index in [9.17, 15) is 9.18 Å². The van der Waals surface area contributed by atoms with E-state index in [4.69, 9.17) is 17.0 Å². The normalized spacial score (nSPS) is 14.0. The number of aromatic nitrogens is 1. The van der Waals surface area contributed by atoms with Gasteiger partial charge in [-0.2, -0.15) is 0 Å². The van der Waals surface area contributed by atoms with Crippen LogP contribution in [0.3, 0.4) is 0 Å². The second-order valence-corrected chi connectivity index (χ2v) is 6.78. The van der Waals surface area contributed by atoms with E-state index in [0.29, 0.717) is 24.6 Å². The number of hydrogen-bond donors (Lipinski definition) is 3. The van der Waals surface area contributed by atoms with Crippen LogP contribution < -0.4 is 21.1 Å². The molecule has 0 unspecified atom stereocenters. The van der Waals surface area contributed by atoms with Crippen molar-refractivity contribution in [2.45, 2.75) is 6.42 Å². The Kier molecular flexibility index (Phi) is 6.31. The average molecular weight is 395 g/mol. The first kappa shape index (κ1) is 18.5. The summed E-state index contributed by atoms with van der Waals surface area (Å²) in [5, 5.41) is 5.82. The molecule has 3 rings (SSSR count). The van der Waals surface area contributed by atoms with Crippen molar-refractivity contribution < 1.29 is 13.9 Å². The van der Waals surface area contributed by atoms with Crippen molar-refractivity contribution in [3.8, 4) is 0 Å². The number of morpholine rings is 1. The predicted octanol–water partition coefficient (Wildman–Crippen LogP) is 1.68. The van der Waals surface area contributed by atoms with Gasteiger partial charge in [-0.05, 0) is 36.5 Å². The van der Waals surface area contributed by atoms with E-state index >= 15 is 0 Å². The second-order valence-electron chi connectivity index (χ2n) is 5.53. The number of benzene rings is 1. The molecule has 2 heterocycles. The third-order valence-corrected chi connectivity index (χ3v) is 4.73. The third kappa shape index (κ3) is 5.35. The maximum atomic E-state index is 12.9. The van der Waals surface area contributed by atoms with E-state index in [1.165, 1.54) is 23.5 Å². The van der Waals surface area contributed by atoms with E-state index in [2.05, 4.69) is 26.1 Å². The van der Waals surface area contributed by atoms with Crippen LogP contribution in [0, 0.1) is 5.82 Å². The van der Waals surface area contributed by atoms with Gasteiger partial charge in [0.05, 0.1) is 25.3 Å². The fourth-order valence-corrected chi connectivity index (χ4v) is 3.36. The standard InChI is InChI=1S/C16H18FN5O2S2/c17-11-1-3-12(4-2-11)18-15(25)21-20-14(23)9-13-10-26-16(19-13)22-5-7-24-8-6-22/h1-4,10H,5-9H2,(H,20,23)(H2,18,21,25). The molecule has 10 heteroatoms. The van der Waals surface area contributed by atoms with Crippen LogP contribution in [-0.4, -0.2) is 42.3 Å².